The summed E-state index contributed by atoms with van der Waals surface area (Å²) >= 11 is 5.84. The summed E-state index contributed by atoms with van der Waals surface area (Å²) in [6.45, 7) is 0. The van der Waals surface area contributed by atoms with Gasteiger partial charge in [-0.1, -0.05) is 35.9 Å². The average Bonchev–Trinajstić information content (AvgIpc) is 2.39. The molecule has 0 aromatic heterocycles. The molecule has 1 aliphatic rings. The minimum atomic E-state index is -3.97. The van der Waals surface area contributed by atoms with Crippen molar-refractivity contribution >= 4 is 27.7 Å². The number of nitrogens with one attached hydrogen (secondary N) is 2. The van der Waals surface area contributed by atoms with E-state index in [1.54, 1.807) is 24.3 Å². The van der Waals surface area contributed by atoms with Gasteiger partial charge in [0.2, 0.25) is 0 Å². The molecule has 1 aromatic rings. The third-order valence-electron chi connectivity index (χ3n) is 2.59. The summed E-state index contributed by atoms with van der Waals surface area (Å²) in [5, 5.41) is 0.192. The molecule has 0 saturated heterocycles. The zero-order chi connectivity index (χ0) is 14.6. The van der Waals surface area contributed by atoms with Gasteiger partial charge in [0.1, 0.15) is 0 Å². The van der Waals surface area contributed by atoms with Crippen LogP contribution >= 0.6 is 11.6 Å². The maximum absolute atomic E-state index is 11.9. The average molecular weight is 313 g/mol. The molecule has 0 saturated carbocycles. The summed E-state index contributed by atoms with van der Waals surface area (Å²) < 4.78 is 27.9. The number of amides is 1. The van der Waals surface area contributed by atoms with Gasteiger partial charge in [-0.05, 0) is 31.1 Å². The van der Waals surface area contributed by atoms with Gasteiger partial charge in [0, 0.05) is 5.70 Å². The first-order valence-corrected chi connectivity index (χ1v) is 7.80. The van der Waals surface area contributed by atoms with Gasteiger partial charge < -0.3 is 0 Å². The van der Waals surface area contributed by atoms with Crippen molar-refractivity contribution in [3.8, 4) is 0 Å². The van der Waals surface area contributed by atoms with Crippen LogP contribution in [-0.4, -0.2) is 14.3 Å². The monoisotopic (exact) mass is 312 g/mol. The SMILES string of the molecule is O=C(NS(=O)(=O)NC1=CCCC=C1)c1ccccc1Cl. The number of halogens is 1. The van der Waals surface area contributed by atoms with E-state index in [0.717, 1.165) is 12.8 Å². The second-order valence-electron chi connectivity index (χ2n) is 4.16. The van der Waals surface area contributed by atoms with Gasteiger partial charge in [-0.25, -0.2) is 4.72 Å². The van der Waals surface area contributed by atoms with E-state index in [0.29, 0.717) is 5.70 Å². The molecule has 0 fully saturated rings. The van der Waals surface area contributed by atoms with Crippen LogP contribution in [0.15, 0.2) is 48.2 Å². The number of hydrogen-bond donors (Lipinski definition) is 2. The molecule has 1 aromatic carbocycles. The highest BCUT2D eigenvalue weighted by atomic mass is 35.5. The molecule has 0 heterocycles. The van der Waals surface area contributed by atoms with E-state index in [1.807, 2.05) is 10.8 Å². The van der Waals surface area contributed by atoms with Gasteiger partial charge in [-0.3, -0.25) is 9.52 Å². The predicted molar refractivity (Wildman–Crippen MR) is 77.4 cm³/mol. The molecule has 20 heavy (non-hydrogen) atoms. The molecule has 106 valence electrons. The predicted octanol–water partition coefficient (Wildman–Crippen LogP) is 2.14. The Kier molecular flexibility index (Phi) is 4.46. The molecule has 0 atom stereocenters. The second kappa shape index (κ2) is 6.11. The first-order chi connectivity index (χ1) is 9.48. The lowest BCUT2D eigenvalue weighted by atomic mass is 10.2. The van der Waals surface area contributed by atoms with Gasteiger partial charge in [-0.2, -0.15) is 8.42 Å². The molecule has 5 nitrogen and oxygen atoms in total. The lowest BCUT2D eigenvalue weighted by Gasteiger charge is -2.12. The third-order valence-corrected chi connectivity index (χ3v) is 3.88. The third kappa shape index (κ3) is 3.85. The lowest BCUT2D eigenvalue weighted by Crippen LogP contribution is -2.39. The van der Waals surface area contributed by atoms with Crippen LogP contribution in [0.3, 0.4) is 0 Å². The number of hydrogen-bond acceptors (Lipinski definition) is 3. The Morgan fingerprint density at radius 3 is 2.60 bits per heavy atom. The smallest absolute Gasteiger partial charge is 0.268 e. The Bertz CT molecular complexity index is 681. The first-order valence-electron chi connectivity index (χ1n) is 5.94. The van der Waals surface area contributed by atoms with E-state index in [2.05, 4.69) is 4.72 Å². The zero-order valence-electron chi connectivity index (χ0n) is 10.5. The topological polar surface area (TPSA) is 75.3 Å². The molecule has 0 spiro atoms. The van der Waals surface area contributed by atoms with Crippen molar-refractivity contribution in [1.82, 2.24) is 9.44 Å². The standard InChI is InChI=1S/C13H13ClN2O3S/c14-12-9-5-4-8-11(12)13(17)16-20(18,19)15-10-6-2-1-3-7-10/h2,4-9,15H,1,3H2,(H,16,17). The number of carbonyl (C=O) groups is 1. The van der Waals surface area contributed by atoms with Gasteiger partial charge in [0.15, 0.2) is 0 Å². The Hall–Kier alpha value is -1.79. The van der Waals surface area contributed by atoms with Gasteiger partial charge in [-0.15, -0.1) is 0 Å². The van der Waals surface area contributed by atoms with E-state index in [1.165, 1.54) is 12.1 Å². The van der Waals surface area contributed by atoms with E-state index in [9.17, 15) is 13.2 Å². The van der Waals surface area contributed by atoms with Crippen molar-refractivity contribution in [2.75, 3.05) is 0 Å². The normalized spacial score (nSPS) is 14.6. The van der Waals surface area contributed by atoms with Crippen molar-refractivity contribution < 1.29 is 13.2 Å². The van der Waals surface area contributed by atoms with Crippen LogP contribution in [0, 0.1) is 0 Å². The molecule has 1 amide bonds. The highest BCUT2D eigenvalue weighted by molar-refractivity contribution is 7.88. The zero-order valence-corrected chi connectivity index (χ0v) is 12.0. The summed E-state index contributed by atoms with van der Waals surface area (Å²) in [5.41, 5.74) is 0.545. The van der Waals surface area contributed by atoms with Crippen molar-refractivity contribution in [2.45, 2.75) is 12.8 Å². The minimum absolute atomic E-state index is 0.104. The minimum Gasteiger partial charge on any atom is -0.268 e. The first kappa shape index (κ1) is 14.6. The molecule has 0 aliphatic heterocycles. The second-order valence-corrected chi connectivity index (χ2v) is 5.98. The number of rotatable bonds is 4. The molecule has 0 unspecified atom stereocenters. The Balaban J connectivity index is 2.09. The van der Waals surface area contributed by atoms with Gasteiger partial charge in [0.05, 0.1) is 10.6 Å². The summed E-state index contributed by atoms with van der Waals surface area (Å²) in [7, 11) is -3.97. The summed E-state index contributed by atoms with van der Waals surface area (Å²) in [6, 6.07) is 6.23. The Morgan fingerprint density at radius 2 is 1.95 bits per heavy atom. The molecule has 1 aliphatic carbocycles. The summed E-state index contributed by atoms with van der Waals surface area (Å²) in [5.74, 6) is -0.775. The van der Waals surface area contributed by atoms with Crippen molar-refractivity contribution in [3.05, 3.63) is 58.8 Å². The van der Waals surface area contributed by atoms with Crippen LogP contribution in [-0.2, 0) is 10.2 Å². The van der Waals surface area contributed by atoms with E-state index in [-0.39, 0.29) is 10.6 Å². The fourth-order valence-electron chi connectivity index (χ4n) is 1.69. The van der Waals surface area contributed by atoms with Crippen molar-refractivity contribution in [2.24, 2.45) is 0 Å². The maximum atomic E-state index is 11.9. The largest absolute Gasteiger partial charge is 0.323 e. The molecule has 0 bridgehead atoms. The Labute approximate surface area is 122 Å². The van der Waals surface area contributed by atoms with Crippen LogP contribution in [0.2, 0.25) is 5.02 Å². The summed E-state index contributed by atoms with van der Waals surface area (Å²) in [4.78, 5) is 11.9. The van der Waals surface area contributed by atoms with Crippen molar-refractivity contribution in [1.29, 1.82) is 0 Å². The molecule has 7 heteroatoms. The van der Waals surface area contributed by atoms with Crippen LogP contribution < -0.4 is 9.44 Å². The highest BCUT2D eigenvalue weighted by Gasteiger charge is 2.18. The Morgan fingerprint density at radius 1 is 1.20 bits per heavy atom. The maximum Gasteiger partial charge on any atom is 0.323 e. The van der Waals surface area contributed by atoms with Crippen LogP contribution in [0.5, 0.6) is 0 Å². The van der Waals surface area contributed by atoms with Crippen LogP contribution in [0.1, 0.15) is 23.2 Å². The number of carbonyl (C=O) groups excluding carboxylic acids is 1. The van der Waals surface area contributed by atoms with Crippen LogP contribution in [0.25, 0.3) is 0 Å². The molecule has 0 radical (unpaired) electrons. The quantitative estimate of drug-likeness (QED) is 0.894. The number of allylic oxidation sites excluding steroid dienone is 3. The van der Waals surface area contributed by atoms with Gasteiger partial charge in [0.25, 0.3) is 5.91 Å². The van der Waals surface area contributed by atoms with E-state index in [4.69, 9.17) is 11.6 Å². The van der Waals surface area contributed by atoms with Crippen LogP contribution in [0.4, 0.5) is 0 Å². The van der Waals surface area contributed by atoms with E-state index < -0.39 is 16.1 Å². The lowest BCUT2D eigenvalue weighted by molar-refractivity contribution is 0.0981. The fourth-order valence-corrected chi connectivity index (χ4v) is 2.78. The fraction of sp³-hybridized carbons (Fsp3) is 0.154. The molecular weight excluding hydrogens is 300 g/mol. The highest BCUT2D eigenvalue weighted by Crippen LogP contribution is 2.15. The molecular formula is C13H13ClN2O3S. The van der Waals surface area contributed by atoms with E-state index >= 15 is 0 Å². The molecule has 2 rings (SSSR count). The van der Waals surface area contributed by atoms with Gasteiger partial charge >= 0.3 is 10.2 Å². The number of benzene rings is 1. The molecule has 2 N–H and O–H groups in total. The summed E-state index contributed by atoms with van der Waals surface area (Å²) in [6.07, 6.45) is 6.89. The van der Waals surface area contributed by atoms with Crippen molar-refractivity contribution in [3.63, 3.8) is 0 Å².